The van der Waals surface area contributed by atoms with E-state index in [-0.39, 0.29) is 11.9 Å². The molecule has 1 aromatic carbocycles. The number of nitrogens with zero attached hydrogens (tertiary/aromatic N) is 2. The molecule has 1 heterocycles. The second-order valence-corrected chi connectivity index (χ2v) is 5.62. The van der Waals surface area contributed by atoms with E-state index in [2.05, 4.69) is 23.7 Å². The van der Waals surface area contributed by atoms with Crippen molar-refractivity contribution in [2.45, 2.75) is 19.9 Å². The van der Waals surface area contributed by atoms with Gasteiger partial charge in [-0.2, -0.15) is 0 Å². The van der Waals surface area contributed by atoms with Gasteiger partial charge in [0, 0.05) is 24.8 Å². The zero-order chi connectivity index (χ0) is 17.0. The van der Waals surface area contributed by atoms with Crippen LogP contribution in [0.5, 0.6) is 0 Å². The van der Waals surface area contributed by atoms with Gasteiger partial charge in [-0.1, -0.05) is 12.1 Å². The normalized spacial score (nSPS) is 11.3. The van der Waals surface area contributed by atoms with Gasteiger partial charge in [0.15, 0.2) is 0 Å². The van der Waals surface area contributed by atoms with Crippen molar-refractivity contribution in [3.8, 4) is 11.3 Å². The van der Waals surface area contributed by atoms with Gasteiger partial charge >= 0.3 is 7.12 Å². The molecule has 1 aromatic heterocycles. The molecule has 0 atom stereocenters. The maximum Gasteiger partial charge on any atom is 0.480 e. The van der Waals surface area contributed by atoms with Gasteiger partial charge in [0.05, 0.1) is 11.4 Å². The van der Waals surface area contributed by atoms with Gasteiger partial charge in [0.25, 0.3) is 0 Å². The molecule has 120 valence electrons. The first-order chi connectivity index (χ1) is 10.9. The summed E-state index contributed by atoms with van der Waals surface area (Å²) in [6, 6.07) is 8.38. The number of aromatic nitrogens is 1. The fourth-order valence-electron chi connectivity index (χ4n) is 2.13. The van der Waals surface area contributed by atoms with Crippen molar-refractivity contribution in [3.05, 3.63) is 53.9 Å². The molecular weight excluding hydrogens is 294 g/mol. The molecule has 0 amide bonds. The molecule has 2 rings (SSSR count). The van der Waals surface area contributed by atoms with Crippen LogP contribution in [0.25, 0.3) is 17.3 Å². The largest absolute Gasteiger partial charge is 0.480 e. The van der Waals surface area contributed by atoms with E-state index in [1.54, 1.807) is 24.4 Å². The zero-order valence-electron chi connectivity index (χ0n) is 13.4. The Bertz CT molecular complexity index is 687. The number of halogens is 1. The van der Waals surface area contributed by atoms with Crippen molar-refractivity contribution >= 4 is 18.9 Å². The molecule has 0 saturated carbocycles. The molecule has 0 unspecified atom stereocenters. The Balaban J connectivity index is 2.50. The minimum atomic E-state index is -1.50. The van der Waals surface area contributed by atoms with Crippen molar-refractivity contribution in [1.29, 1.82) is 0 Å². The molecule has 4 nitrogen and oxygen atoms in total. The van der Waals surface area contributed by atoms with Crippen LogP contribution in [0.2, 0.25) is 0 Å². The molecular formula is C17H20BFN2O2. The minimum Gasteiger partial charge on any atom is -0.424 e. The van der Waals surface area contributed by atoms with Crippen LogP contribution in [0, 0.1) is 5.82 Å². The third-order valence-electron chi connectivity index (χ3n) is 3.62. The first-order valence-electron chi connectivity index (χ1n) is 7.41. The second-order valence-electron chi connectivity index (χ2n) is 5.62. The Morgan fingerprint density at radius 1 is 1.22 bits per heavy atom. The van der Waals surface area contributed by atoms with E-state index in [0.717, 1.165) is 22.5 Å². The molecule has 2 N–H and O–H groups in total. The third kappa shape index (κ3) is 4.40. The summed E-state index contributed by atoms with van der Waals surface area (Å²) in [5.41, 5.74) is 3.22. The van der Waals surface area contributed by atoms with Gasteiger partial charge in [-0.05, 0) is 49.7 Å². The summed E-state index contributed by atoms with van der Waals surface area (Å²) >= 11 is 0. The van der Waals surface area contributed by atoms with Gasteiger partial charge in [-0.3, -0.25) is 4.98 Å². The SMILES string of the molecule is CC(C)N(C)c1cc(C=CB(O)O)cnc1-c1ccc(F)cc1. The van der Waals surface area contributed by atoms with E-state index in [1.807, 2.05) is 13.1 Å². The van der Waals surface area contributed by atoms with Crippen molar-refractivity contribution in [1.82, 2.24) is 4.98 Å². The van der Waals surface area contributed by atoms with Crippen molar-refractivity contribution in [3.63, 3.8) is 0 Å². The Morgan fingerprint density at radius 3 is 2.43 bits per heavy atom. The lowest BCUT2D eigenvalue weighted by Crippen LogP contribution is -2.26. The summed E-state index contributed by atoms with van der Waals surface area (Å²) in [6.45, 7) is 4.13. The highest BCUT2D eigenvalue weighted by molar-refractivity contribution is 6.48. The average Bonchev–Trinajstić information content (AvgIpc) is 2.52. The Labute approximate surface area is 136 Å². The Hall–Kier alpha value is -2.18. The molecule has 0 spiro atoms. The molecule has 0 radical (unpaired) electrons. The van der Waals surface area contributed by atoms with E-state index < -0.39 is 7.12 Å². The van der Waals surface area contributed by atoms with Crippen molar-refractivity contribution < 1.29 is 14.4 Å². The highest BCUT2D eigenvalue weighted by Gasteiger charge is 2.14. The van der Waals surface area contributed by atoms with Gasteiger partial charge in [-0.25, -0.2) is 4.39 Å². The minimum absolute atomic E-state index is 0.249. The molecule has 0 aliphatic rings. The number of hydrogen-bond acceptors (Lipinski definition) is 4. The third-order valence-corrected chi connectivity index (χ3v) is 3.62. The van der Waals surface area contributed by atoms with E-state index >= 15 is 0 Å². The van der Waals surface area contributed by atoms with Gasteiger partial charge in [-0.15, -0.1) is 0 Å². The zero-order valence-corrected chi connectivity index (χ0v) is 13.4. The highest BCUT2D eigenvalue weighted by Crippen LogP contribution is 2.30. The molecule has 0 bridgehead atoms. The van der Waals surface area contributed by atoms with Crippen LogP contribution in [0.1, 0.15) is 19.4 Å². The van der Waals surface area contributed by atoms with Gasteiger partial charge < -0.3 is 14.9 Å². The quantitative estimate of drug-likeness (QED) is 0.833. The number of benzene rings is 1. The fourth-order valence-corrected chi connectivity index (χ4v) is 2.13. The second kappa shape index (κ2) is 7.39. The van der Waals surface area contributed by atoms with E-state index in [4.69, 9.17) is 10.0 Å². The van der Waals surface area contributed by atoms with Crippen LogP contribution in [0.15, 0.2) is 42.5 Å². The van der Waals surface area contributed by atoms with Crippen LogP contribution >= 0.6 is 0 Å². The lowest BCUT2D eigenvalue weighted by atomic mass is 9.91. The summed E-state index contributed by atoms with van der Waals surface area (Å²) in [4.78, 5) is 6.55. The number of rotatable bonds is 5. The smallest absolute Gasteiger partial charge is 0.424 e. The molecule has 0 aliphatic carbocycles. The van der Waals surface area contributed by atoms with E-state index in [9.17, 15) is 4.39 Å². The van der Waals surface area contributed by atoms with Crippen LogP contribution in [-0.2, 0) is 0 Å². The maximum absolute atomic E-state index is 13.1. The fraction of sp³-hybridized carbons (Fsp3) is 0.235. The molecule has 0 aliphatic heterocycles. The number of pyridine rings is 1. The van der Waals surface area contributed by atoms with Crippen LogP contribution in [0.4, 0.5) is 10.1 Å². The lowest BCUT2D eigenvalue weighted by Gasteiger charge is -2.26. The summed E-state index contributed by atoms with van der Waals surface area (Å²) in [6.07, 6.45) is 3.25. The van der Waals surface area contributed by atoms with E-state index in [1.165, 1.54) is 18.1 Å². The molecule has 0 fully saturated rings. The Morgan fingerprint density at radius 2 is 1.87 bits per heavy atom. The molecule has 0 saturated heterocycles. The summed E-state index contributed by atoms with van der Waals surface area (Å²) in [7, 11) is 0.460. The standard InChI is InChI=1S/C17H20BFN2O2/c1-12(2)21(3)16-10-13(8-9-18(22)23)11-20-17(16)14-4-6-15(19)7-5-14/h4-12,22-23H,1-3H3. The first kappa shape index (κ1) is 17.2. The van der Waals surface area contributed by atoms with E-state index in [0.29, 0.717) is 0 Å². The van der Waals surface area contributed by atoms with Gasteiger partial charge in [0.1, 0.15) is 5.82 Å². The van der Waals surface area contributed by atoms with Crippen molar-refractivity contribution in [2.75, 3.05) is 11.9 Å². The first-order valence-corrected chi connectivity index (χ1v) is 7.41. The van der Waals surface area contributed by atoms with Crippen LogP contribution in [-0.4, -0.2) is 35.2 Å². The maximum atomic E-state index is 13.1. The highest BCUT2D eigenvalue weighted by atomic mass is 19.1. The topological polar surface area (TPSA) is 56.6 Å². The summed E-state index contributed by atoms with van der Waals surface area (Å²) < 4.78 is 13.1. The predicted molar refractivity (Wildman–Crippen MR) is 92.4 cm³/mol. The number of hydrogen-bond donors (Lipinski definition) is 2. The molecule has 2 aromatic rings. The summed E-state index contributed by atoms with van der Waals surface area (Å²) in [5.74, 6) is 0.984. The lowest BCUT2D eigenvalue weighted by molar-refractivity contribution is 0.424. The van der Waals surface area contributed by atoms with Crippen LogP contribution in [0.3, 0.4) is 0 Å². The summed E-state index contributed by atoms with van der Waals surface area (Å²) in [5, 5.41) is 17.9. The average molecular weight is 314 g/mol. The van der Waals surface area contributed by atoms with Gasteiger partial charge in [0.2, 0.25) is 0 Å². The molecule has 6 heteroatoms. The number of anilines is 1. The van der Waals surface area contributed by atoms with Crippen molar-refractivity contribution in [2.24, 2.45) is 0 Å². The van der Waals surface area contributed by atoms with Crippen LogP contribution < -0.4 is 4.90 Å². The Kier molecular flexibility index (Phi) is 5.52. The predicted octanol–water partition coefficient (Wildman–Crippen LogP) is 2.76. The molecule has 23 heavy (non-hydrogen) atoms. The monoisotopic (exact) mass is 314 g/mol.